The van der Waals surface area contributed by atoms with Gasteiger partial charge in [-0.3, -0.25) is 14.4 Å². The number of esters is 1. The molecule has 1 heterocycles. The number of rotatable bonds is 6. The van der Waals surface area contributed by atoms with E-state index in [0.29, 0.717) is 19.7 Å². The maximum absolute atomic E-state index is 11.4. The summed E-state index contributed by atoms with van der Waals surface area (Å²) >= 11 is 1.26. The summed E-state index contributed by atoms with van der Waals surface area (Å²) in [5.74, 6) is 0.0833. The highest BCUT2D eigenvalue weighted by Crippen LogP contribution is 2.16. The van der Waals surface area contributed by atoms with Crippen LogP contribution in [-0.2, 0) is 14.3 Å². The van der Waals surface area contributed by atoms with Gasteiger partial charge in [0.15, 0.2) is 0 Å². The molecule has 2 amide bonds. The highest BCUT2D eigenvalue weighted by atomic mass is 32.2. The first-order chi connectivity index (χ1) is 8.13. The minimum Gasteiger partial charge on any atom is -0.465 e. The number of hydrogen-bond acceptors (Lipinski definition) is 5. The molecule has 0 aliphatic carbocycles. The Morgan fingerprint density at radius 2 is 2.29 bits per heavy atom. The molecule has 0 atom stereocenters. The third-order valence-electron chi connectivity index (χ3n) is 2.19. The van der Waals surface area contributed by atoms with E-state index in [9.17, 15) is 14.4 Å². The number of thioether (sulfide) groups is 1. The zero-order chi connectivity index (χ0) is 12.7. The molecule has 1 fully saturated rings. The van der Waals surface area contributed by atoms with Crippen LogP contribution in [0.1, 0.15) is 13.3 Å². The predicted molar refractivity (Wildman–Crippen MR) is 63.7 cm³/mol. The lowest BCUT2D eigenvalue weighted by Crippen LogP contribution is -2.34. The molecule has 7 heteroatoms. The van der Waals surface area contributed by atoms with Crippen molar-refractivity contribution in [3.05, 3.63) is 0 Å². The molecule has 1 aliphatic rings. The van der Waals surface area contributed by atoms with Gasteiger partial charge in [-0.25, -0.2) is 0 Å². The van der Waals surface area contributed by atoms with Gasteiger partial charge in [0.25, 0.3) is 5.24 Å². The first kappa shape index (κ1) is 13.8. The molecule has 1 saturated heterocycles. The number of amides is 2. The van der Waals surface area contributed by atoms with Gasteiger partial charge in [-0.05, 0) is 6.92 Å². The minimum absolute atomic E-state index is 0.0168. The quantitative estimate of drug-likeness (QED) is 0.692. The summed E-state index contributed by atoms with van der Waals surface area (Å²) in [4.78, 5) is 35.2. The zero-order valence-electron chi connectivity index (χ0n) is 9.73. The highest BCUT2D eigenvalue weighted by molar-refractivity contribution is 8.13. The van der Waals surface area contributed by atoms with Crippen LogP contribution in [0.15, 0.2) is 0 Å². The Morgan fingerprint density at radius 1 is 1.53 bits per heavy atom. The van der Waals surface area contributed by atoms with E-state index in [1.807, 2.05) is 0 Å². The number of nitrogens with zero attached hydrogens (tertiary/aromatic N) is 1. The van der Waals surface area contributed by atoms with Crippen LogP contribution in [-0.4, -0.2) is 54.0 Å². The van der Waals surface area contributed by atoms with Gasteiger partial charge in [-0.15, -0.1) is 0 Å². The number of hydrogen-bond donors (Lipinski definition) is 1. The molecule has 17 heavy (non-hydrogen) atoms. The second-order valence-corrected chi connectivity index (χ2v) is 4.48. The van der Waals surface area contributed by atoms with Crippen molar-refractivity contribution in [3.63, 3.8) is 0 Å². The Morgan fingerprint density at radius 3 is 2.88 bits per heavy atom. The monoisotopic (exact) mass is 260 g/mol. The fourth-order valence-corrected chi connectivity index (χ4v) is 2.19. The molecule has 0 spiro atoms. The van der Waals surface area contributed by atoms with E-state index >= 15 is 0 Å². The van der Waals surface area contributed by atoms with E-state index in [-0.39, 0.29) is 24.1 Å². The molecular weight excluding hydrogens is 244 g/mol. The first-order valence-electron chi connectivity index (χ1n) is 5.47. The van der Waals surface area contributed by atoms with Gasteiger partial charge in [0.2, 0.25) is 5.91 Å². The summed E-state index contributed by atoms with van der Waals surface area (Å²) in [6.07, 6.45) is 0.214. The van der Waals surface area contributed by atoms with Crippen LogP contribution in [0.3, 0.4) is 0 Å². The normalized spacial score (nSPS) is 14.9. The van der Waals surface area contributed by atoms with Gasteiger partial charge in [0.1, 0.15) is 6.54 Å². The summed E-state index contributed by atoms with van der Waals surface area (Å²) in [5, 5.41) is 2.46. The van der Waals surface area contributed by atoms with Crippen LogP contribution in [0.25, 0.3) is 0 Å². The second kappa shape index (κ2) is 7.16. The lowest BCUT2D eigenvalue weighted by atomic mass is 10.3. The molecule has 0 saturated carbocycles. The van der Waals surface area contributed by atoms with E-state index in [4.69, 9.17) is 0 Å². The van der Waals surface area contributed by atoms with Crippen molar-refractivity contribution < 1.29 is 19.1 Å². The largest absolute Gasteiger partial charge is 0.465 e. The predicted octanol–water partition coefficient (Wildman–Crippen LogP) is 0.225. The van der Waals surface area contributed by atoms with Gasteiger partial charge in [-0.1, -0.05) is 11.8 Å². The number of ether oxygens (including phenoxy) is 1. The molecule has 0 radical (unpaired) electrons. The van der Waals surface area contributed by atoms with Gasteiger partial charge >= 0.3 is 5.97 Å². The van der Waals surface area contributed by atoms with Gasteiger partial charge in [0.05, 0.1) is 6.61 Å². The summed E-state index contributed by atoms with van der Waals surface area (Å²) in [5.41, 5.74) is 0. The molecule has 0 aromatic carbocycles. The lowest BCUT2D eigenvalue weighted by Gasteiger charge is -2.13. The third kappa shape index (κ3) is 5.08. The zero-order valence-corrected chi connectivity index (χ0v) is 10.5. The van der Waals surface area contributed by atoms with E-state index < -0.39 is 5.97 Å². The van der Waals surface area contributed by atoms with Crippen LogP contribution in [0.2, 0.25) is 0 Å². The van der Waals surface area contributed by atoms with Crippen LogP contribution < -0.4 is 5.32 Å². The van der Waals surface area contributed by atoms with Crippen molar-refractivity contribution in [2.45, 2.75) is 13.3 Å². The van der Waals surface area contributed by atoms with Crippen molar-refractivity contribution >= 4 is 28.9 Å². The summed E-state index contributed by atoms with van der Waals surface area (Å²) in [6.45, 7) is 2.98. The van der Waals surface area contributed by atoms with Crippen molar-refractivity contribution in [3.8, 4) is 0 Å². The fourth-order valence-electron chi connectivity index (χ4n) is 1.34. The first-order valence-corrected chi connectivity index (χ1v) is 6.46. The molecule has 6 nitrogen and oxygen atoms in total. The number of carbonyl (C=O) groups excluding carboxylic acids is 3. The lowest BCUT2D eigenvalue weighted by molar-refractivity contribution is -0.143. The van der Waals surface area contributed by atoms with Crippen molar-refractivity contribution in [2.24, 2.45) is 0 Å². The molecular formula is C10H16N2O4S. The molecule has 0 unspecified atom stereocenters. The van der Waals surface area contributed by atoms with Gasteiger partial charge in [-0.2, -0.15) is 0 Å². The Bertz CT molecular complexity index is 309. The second-order valence-electron chi connectivity index (χ2n) is 3.43. The third-order valence-corrected chi connectivity index (χ3v) is 3.08. The Labute approximate surface area is 104 Å². The molecule has 0 aromatic heterocycles. The number of carbonyl (C=O) groups is 3. The average Bonchev–Trinajstić information content (AvgIpc) is 2.70. The summed E-state index contributed by atoms with van der Waals surface area (Å²) < 4.78 is 4.67. The fraction of sp³-hybridized carbons (Fsp3) is 0.700. The van der Waals surface area contributed by atoms with Gasteiger partial charge in [0, 0.05) is 25.3 Å². The molecule has 96 valence electrons. The number of nitrogens with one attached hydrogen (secondary N) is 1. The topological polar surface area (TPSA) is 75.7 Å². The van der Waals surface area contributed by atoms with Gasteiger partial charge < -0.3 is 15.0 Å². The van der Waals surface area contributed by atoms with Crippen molar-refractivity contribution in [1.82, 2.24) is 10.2 Å². The molecule has 1 N–H and O–H groups in total. The summed E-state index contributed by atoms with van der Waals surface area (Å²) in [6, 6.07) is 0. The molecule has 1 rings (SSSR count). The standard InChI is InChI=1S/C10H16N2O4S/c1-2-16-9(14)7-11-8(13)3-4-12-5-6-17-10(12)15/h2-7H2,1H3,(H,11,13). The Hall–Kier alpha value is -1.24. The smallest absolute Gasteiger partial charge is 0.325 e. The van der Waals surface area contributed by atoms with Crippen LogP contribution >= 0.6 is 11.8 Å². The van der Waals surface area contributed by atoms with Crippen LogP contribution in [0.5, 0.6) is 0 Å². The van der Waals surface area contributed by atoms with Crippen molar-refractivity contribution in [2.75, 3.05) is 32.0 Å². The molecule has 0 aromatic rings. The maximum Gasteiger partial charge on any atom is 0.325 e. The minimum atomic E-state index is -0.450. The van der Waals surface area contributed by atoms with E-state index in [0.717, 1.165) is 5.75 Å². The van der Waals surface area contributed by atoms with E-state index in [1.165, 1.54) is 11.8 Å². The Balaban J connectivity index is 2.12. The average molecular weight is 260 g/mol. The highest BCUT2D eigenvalue weighted by Gasteiger charge is 2.21. The molecule has 1 aliphatic heterocycles. The van der Waals surface area contributed by atoms with E-state index in [2.05, 4.69) is 10.1 Å². The SMILES string of the molecule is CCOC(=O)CNC(=O)CCN1CCSC1=O. The maximum atomic E-state index is 11.4. The Kier molecular flexibility index (Phi) is 5.82. The summed E-state index contributed by atoms with van der Waals surface area (Å²) in [7, 11) is 0. The van der Waals surface area contributed by atoms with Crippen LogP contribution in [0, 0.1) is 0 Å². The molecule has 0 bridgehead atoms. The van der Waals surface area contributed by atoms with E-state index in [1.54, 1.807) is 11.8 Å². The van der Waals surface area contributed by atoms with Crippen molar-refractivity contribution in [1.29, 1.82) is 0 Å². The van der Waals surface area contributed by atoms with Crippen LogP contribution in [0.4, 0.5) is 4.79 Å².